The minimum Gasteiger partial charge on any atom is -0.480 e. The summed E-state index contributed by atoms with van der Waals surface area (Å²) in [5, 5.41) is 14.9. The molecular weight excluding hydrogens is 286 g/mol. The van der Waals surface area contributed by atoms with Gasteiger partial charge in [0.2, 0.25) is 5.91 Å². The second-order valence-corrected chi connectivity index (χ2v) is 6.11. The van der Waals surface area contributed by atoms with Gasteiger partial charge in [0.1, 0.15) is 6.04 Å². The minimum atomic E-state index is -0.979. The van der Waals surface area contributed by atoms with Crippen LogP contribution in [0.5, 0.6) is 0 Å². The van der Waals surface area contributed by atoms with Gasteiger partial charge >= 0.3 is 5.97 Å². The molecule has 0 fully saturated rings. The van der Waals surface area contributed by atoms with Gasteiger partial charge in [-0.3, -0.25) is 4.79 Å². The van der Waals surface area contributed by atoms with Crippen LogP contribution >= 0.6 is 11.3 Å². The fourth-order valence-electron chi connectivity index (χ4n) is 2.25. The number of nitrogens with one attached hydrogen (secondary N) is 1. The Hall–Kier alpha value is -1.88. The largest absolute Gasteiger partial charge is 0.480 e. The number of carboxylic acid groups (broad SMARTS) is 1. The molecule has 0 aliphatic rings. The molecule has 1 amide bonds. The van der Waals surface area contributed by atoms with E-state index in [9.17, 15) is 14.7 Å². The second kappa shape index (κ2) is 6.72. The Kier molecular flexibility index (Phi) is 4.96. The van der Waals surface area contributed by atoms with E-state index >= 15 is 0 Å². The van der Waals surface area contributed by atoms with Gasteiger partial charge in [0.25, 0.3) is 0 Å². The first-order chi connectivity index (χ1) is 10.0. The lowest BCUT2D eigenvalue weighted by molar-refractivity contribution is -0.143. The monoisotopic (exact) mass is 305 g/mol. The summed E-state index contributed by atoms with van der Waals surface area (Å²) in [5.41, 5.74) is 0.946. The number of carboxylic acids is 1. The SMILES string of the molecule is CC[C@H](C)[C@H](NC(=O)Cc1csc2ccccc12)C(=O)O. The molecule has 2 atom stereocenters. The summed E-state index contributed by atoms with van der Waals surface area (Å²) in [7, 11) is 0. The van der Waals surface area contributed by atoms with E-state index in [2.05, 4.69) is 5.32 Å². The van der Waals surface area contributed by atoms with Crippen LogP contribution in [0.2, 0.25) is 0 Å². The van der Waals surface area contributed by atoms with Crippen molar-refractivity contribution in [3.05, 3.63) is 35.2 Å². The van der Waals surface area contributed by atoms with E-state index in [4.69, 9.17) is 0 Å². The number of rotatable bonds is 6. The maximum Gasteiger partial charge on any atom is 0.326 e. The molecule has 0 saturated heterocycles. The van der Waals surface area contributed by atoms with Gasteiger partial charge < -0.3 is 10.4 Å². The number of fused-ring (bicyclic) bond motifs is 1. The average molecular weight is 305 g/mol. The molecule has 21 heavy (non-hydrogen) atoms. The summed E-state index contributed by atoms with van der Waals surface area (Å²) in [6.45, 7) is 3.75. The van der Waals surface area contributed by atoms with Crippen LogP contribution in [0.15, 0.2) is 29.6 Å². The molecule has 2 rings (SSSR count). The molecule has 5 heteroatoms. The highest BCUT2D eigenvalue weighted by atomic mass is 32.1. The minimum absolute atomic E-state index is 0.0920. The Labute approximate surface area is 127 Å². The molecule has 1 heterocycles. The molecule has 0 saturated carbocycles. The lowest BCUT2D eigenvalue weighted by Crippen LogP contribution is -2.45. The van der Waals surface area contributed by atoms with Crippen LogP contribution in [0.1, 0.15) is 25.8 Å². The number of carbonyl (C=O) groups is 2. The van der Waals surface area contributed by atoms with Crippen LogP contribution in [-0.2, 0) is 16.0 Å². The van der Waals surface area contributed by atoms with Gasteiger partial charge in [-0.2, -0.15) is 0 Å². The smallest absolute Gasteiger partial charge is 0.326 e. The van der Waals surface area contributed by atoms with E-state index in [0.717, 1.165) is 15.6 Å². The van der Waals surface area contributed by atoms with Crippen molar-refractivity contribution < 1.29 is 14.7 Å². The van der Waals surface area contributed by atoms with Gasteiger partial charge in [-0.15, -0.1) is 11.3 Å². The maximum absolute atomic E-state index is 12.1. The topological polar surface area (TPSA) is 66.4 Å². The number of amides is 1. The Bertz CT molecular complexity index is 650. The molecule has 4 nitrogen and oxygen atoms in total. The Morgan fingerprint density at radius 3 is 2.71 bits per heavy atom. The van der Waals surface area contributed by atoms with Crippen molar-refractivity contribution in [3.63, 3.8) is 0 Å². The number of benzene rings is 1. The number of carbonyl (C=O) groups excluding carboxylic acids is 1. The molecule has 0 aliphatic carbocycles. The predicted octanol–water partition coefficient (Wildman–Crippen LogP) is 3.06. The summed E-state index contributed by atoms with van der Waals surface area (Å²) in [4.78, 5) is 23.4. The van der Waals surface area contributed by atoms with Crippen molar-refractivity contribution in [1.82, 2.24) is 5.32 Å². The van der Waals surface area contributed by atoms with E-state index in [0.29, 0.717) is 6.42 Å². The highest BCUT2D eigenvalue weighted by Gasteiger charge is 2.25. The molecule has 1 aromatic heterocycles. The number of hydrogen-bond donors (Lipinski definition) is 2. The molecule has 0 aliphatic heterocycles. The van der Waals surface area contributed by atoms with Gasteiger partial charge in [-0.05, 0) is 28.3 Å². The standard InChI is InChI=1S/C16H19NO3S/c1-3-10(2)15(16(19)20)17-14(18)8-11-9-21-13-7-5-4-6-12(11)13/h4-7,9-10,15H,3,8H2,1-2H3,(H,17,18)(H,19,20)/t10-,15-/m0/s1. The summed E-state index contributed by atoms with van der Waals surface area (Å²) < 4.78 is 1.14. The highest BCUT2D eigenvalue weighted by Crippen LogP contribution is 2.25. The molecule has 0 unspecified atom stereocenters. The van der Waals surface area contributed by atoms with E-state index in [1.807, 2.05) is 43.5 Å². The quantitative estimate of drug-likeness (QED) is 0.862. The molecule has 2 aromatic rings. The third-order valence-electron chi connectivity index (χ3n) is 3.71. The Balaban J connectivity index is 2.09. The van der Waals surface area contributed by atoms with E-state index in [1.54, 1.807) is 11.3 Å². The Morgan fingerprint density at radius 2 is 2.05 bits per heavy atom. The number of thiophene rings is 1. The van der Waals surface area contributed by atoms with Crippen molar-refractivity contribution in [2.45, 2.75) is 32.7 Å². The second-order valence-electron chi connectivity index (χ2n) is 5.20. The predicted molar refractivity (Wildman–Crippen MR) is 84.6 cm³/mol. The maximum atomic E-state index is 12.1. The van der Waals surface area contributed by atoms with Crippen LogP contribution in [0.25, 0.3) is 10.1 Å². The van der Waals surface area contributed by atoms with Gasteiger partial charge in [0.15, 0.2) is 0 Å². The van der Waals surface area contributed by atoms with Crippen LogP contribution in [0.3, 0.4) is 0 Å². The van der Waals surface area contributed by atoms with Gasteiger partial charge in [0.05, 0.1) is 6.42 Å². The molecular formula is C16H19NO3S. The zero-order valence-electron chi connectivity index (χ0n) is 12.1. The lowest BCUT2D eigenvalue weighted by atomic mass is 9.99. The van der Waals surface area contributed by atoms with Crippen molar-refractivity contribution in [3.8, 4) is 0 Å². The van der Waals surface area contributed by atoms with Crippen molar-refractivity contribution in [1.29, 1.82) is 0 Å². The summed E-state index contributed by atoms with van der Waals surface area (Å²) in [6.07, 6.45) is 0.919. The zero-order valence-corrected chi connectivity index (χ0v) is 12.9. The van der Waals surface area contributed by atoms with Crippen molar-refractivity contribution in [2.24, 2.45) is 5.92 Å². The molecule has 2 N–H and O–H groups in total. The van der Waals surface area contributed by atoms with Crippen molar-refractivity contribution in [2.75, 3.05) is 0 Å². The van der Waals surface area contributed by atoms with E-state index in [1.165, 1.54) is 0 Å². The van der Waals surface area contributed by atoms with E-state index < -0.39 is 12.0 Å². The van der Waals surface area contributed by atoms with Crippen LogP contribution in [-0.4, -0.2) is 23.0 Å². The first-order valence-corrected chi connectivity index (χ1v) is 7.88. The van der Waals surface area contributed by atoms with Gasteiger partial charge in [-0.25, -0.2) is 4.79 Å². The molecule has 112 valence electrons. The normalized spacial score (nSPS) is 13.8. The summed E-state index contributed by atoms with van der Waals surface area (Å²) >= 11 is 1.60. The van der Waals surface area contributed by atoms with Crippen molar-refractivity contribution >= 4 is 33.3 Å². The number of hydrogen-bond acceptors (Lipinski definition) is 3. The van der Waals surface area contributed by atoms with Gasteiger partial charge in [0, 0.05) is 4.70 Å². The zero-order chi connectivity index (χ0) is 15.4. The first-order valence-electron chi connectivity index (χ1n) is 7.00. The summed E-state index contributed by atoms with van der Waals surface area (Å²) in [5.74, 6) is -1.32. The number of aliphatic carboxylic acids is 1. The highest BCUT2D eigenvalue weighted by molar-refractivity contribution is 7.17. The molecule has 1 aromatic carbocycles. The molecule has 0 bridgehead atoms. The lowest BCUT2D eigenvalue weighted by Gasteiger charge is -2.20. The third-order valence-corrected chi connectivity index (χ3v) is 4.72. The Morgan fingerprint density at radius 1 is 1.33 bits per heavy atom. The third kappa shape index (κ3) is 3.61. The fourth-order valence-corrected chi connectivity index (χ4v) is 3.21. The van der Waals surface area contributed by atoms with Crippen LogP contribution in [0, 0.1) is 5.92 Å². The van der Waals surface area contributed by atoms with Crippen LogP contribution in [0.4, 0.5) is 0 Å². The van der Waals surface area contributed by atoms with Crippen LogP contribution < -0.4 is 5.32 Å². The first kappa shape index (κ1) is 15.5. The summed E-state index contributed by atoms with van der Waals surface area (Å²) in [6, 6.07) is 7.08. The van der Waals surface area contributed by atoms with E-state index in [-0.39, 0.29) is 18.2 Å². The molecule has 0 spiro atoms. The fraction of sp³-hybridized carbons (Fsp3) is 0.375. The molecule has 0 radical (unpaired) electrons. The van der Waals surface area contributed by atoms with Gasteiger partial charge in [-0.1, -0.05) is 38.5 Å². The average Bonchev–Trinajstić information content (AvgIpc) is 2.87.